The summed E-state index contributed by atoms with van der Waals surface area (Å²) in [6.45, 7) is 7.64. The van der Waals surface area contributed by atoms with Crippen LogP contribution in [0.5, 0.6) is 11.6 Å². The molecular weight excluding hydrogens is 734 g/mol. The van der Waals surface area contributed by atoms with Gasteiger partial charge in [-0.1, -0.05) is 30.4 Å². The monoisotopic (exact) mass is 785 g/mol. The summed E-state index contributed by atoms with van der Waals surface area (Å²) in [5.74, 6) is -3.10. The van der Waals surface area contributed by atoms with Crippen molar-refractivity contribution in [1.29, 1.82) is 0 Å². The molecule has 2 saturated carbocycles. The van der Waals surface area contributed by atoms with Crippen LogP contribution >= 0.6 is 0 Å². The molecule has 6 rings (SSSR count). The van der Waals surface area contributed by atoms with Crippen molar-refractivity contribution in [3.8, 4) is 11.6 Å². The van der Waals surface area contributed by atoms with Crippen LogP contribution in [0.15, 0.2) is 42.6 Å². The Morgan fingerprint density at radius 1 is 1.13 bits per heavy atom. The summed E-state index contributed by atoms with van der Waals surface area (Å²) in [6, 6.07) is 6.28. The molecule has 7 atom stereocenters. The predicted octanol–water partition coefficient (Wildman–Crippen LogP) is 5.00. The second-order valence-electron chi connectivity index (χ2n) is 16.6. The lowest BCUT2D eigenvalue weighted by atomic mass is 9.90. The van der Waals surface area contributed by atoms with Gasteiger partial charge in [0.15, 0.2) is 5.78 Å². The van der Waals surface area contributed by atoms with Crippen LogP contribution in [0.3, 0.4) is 0 Å². The maximum atomic E-state index is 14.8. The Morgan fingerprint density at radius 2 is 1.84 bits per heavy atom. The number of hydrogen-bond donors (Lipinski definition) is 1. The van der Waals surface area contributed by atoms with Gasteiger partial charge in [-0.15, -0.1) is 0 Å². The smallest absolute Gasteiger partial charge is 0.307 e. The Hall–Kier alpha value is -4.11. The van der Waals surface area contributed by atoms with Crippen molar-refractivity contribution in [3.05, 3.63) is 42.6 Å². The van der Waals surface area contributed by atoms with E-state index in [4.69, 9.17) is 18.9 Å². The summed E-state index contributed by atoms with van der Waals surface area (Å²) >= 11 is 0. The molecule has 2 aliphatic carbocycles. The van der Waals surface area contributed by atoms with Crippen molar-refractivity contribution in [1.82, 2.24) is 14.6 Å². The van der Waals surface area contributed by atoms with Crippen LogP contribution in [0, 0.1) is 17.3 Å². The van der Waals surface area contributed by atoms with Crippen LogP contribution in [-0.4, -0.2) is 96.9 Å². The summed E-state index contributed by atoms with van der Waals surface area (Å²) in [7, 11) is -2.81. The molecule has 300 valence electrons. The summed E-state index contributed by atoms with van der Waals surface area (Å²) in [5, 5.41) is 1.41. The molecule has 4 aliphatic rings. The lowest BCUT2D eigenvalue weighted by molar-refractivity contribution is -0.163. The number of alkyl halides is 1. The molecule has 1 saturated heterocycles. The molecule has 3 fully saturated rings. The van der Waals surface area contributed by atoms with E-state index < -0.39 is 86.1 Å². The number of sulfonamides is 1. The van der Waals surface area contributed by atoms with E-state index in [9.17, 15) is 32.0 Å². The standard InChI is InChI=1S/C40H52FN3O10S/c1-24-11-7-8-12-26-19-40(26,37(48)43-55(49,50)39(23-41)15-16-39)20-32(45)31-17-27(53-35-29-14-10-9-13-28(29)33(51-6)21-42-35)22-44(31)36(47)30(25(2)52-24)18-34(46)54-38(3,4)5/h8-10,12-14,21,24-27,30-31H,7,11,15-20,22-23H2,1-6H3,(H,43,48)/b12-8-/t24-,25+,26-,27-,30+,31+,40-/m1/s1. The van der Waals surface area contributed by atoms with Crippen molar-refractivity contribution in [2.75, 3.05) is 20.3 Å². The van der Waals surface area contributed by atoms with Gasteiger partial charge in [-0.05, 0) is 78.7 Å². The number of fused-ring (bicyclic) bond motifs is 3. The maximum absolute atomic E-state index is 14.8. The van der Waals surface area contributed by atoms with Crippen LogP contribution in [0.2, 0.25) is 0 Å². The summed E-state index contributed by atoms with van der Waals surface area (Å²) in [6.07, 6.45) is 4.32. The lowest BCUT2D eigenvalue weighted by Crippen LogP contribution is -2.49. The van der Waals surface area contributed by atoms with Crippen molar-refractivity contribution < 1.29 is 50.9 Å². The van der Waals surface area contributed by atoms with Crippen molar-refractivity contribution in [2.24, 2.45) is 17.3 Å². The third-order valence-electron chi connectivity index (χ3n) is 11.3. The molecular formula is C40H52FN3O10S. The van der Waals surface area contributed by atoms with Gasteiger partial charge in [0.2, 0.25) is 27.7 Å². The van der Waals surface area contributed by atoms with Crippen LogP contribution in [0.4, 0.5) is 4.39 Å². The number of amides is 2. The van der Waals surface area contributed by atoms with Gasteiger partial charge in [0.1, 0.15) is 28.9 Å². The number of Topliss-reactive ketones (excluding diaryl/α,β-unsaturated/α-hetero) is 1. The number of pyridine rings is 1. The van der Waals surface area contributed by atoms with Gasteiger partial charge in [0.05, 0.1) is 55.9 Å². The Morgan fingerprint density at radius 3 is 2.49 bits per heavy atom. The highest BCUT2D eigenvalue weighted by atomic mass is 32.2. The number of ether oxygens (including phenoxy) is 4. The zero-order valence-electron chi connectivity index (χ0n) is 32.3. The molecule has 1 N–H and O–H groups in total. The SMILES string of the molecule is COc1cnc(O[C@@H]2C[C@H]3C(=O)C[C@]4(C(=O)NS(=O)(=O)C5(CF)CC5)C[C@H]4/C=C\CC[C@@H](C)O[C@@H](C)[C@H](CC(=O)OC(C)(C)C)C(=O)N3C2)c2ccccc12. The van der Waals surface area contributed by atoms with E-state index in [0.717, 1.165) is 5.39 Å². The Balaban J connectivity index is 1.35. The maximum Gasteiger partial charge on any atom is 0.307 e. The number of nitrogens with zero attached hydrogens (tertiary/aromatic N) is 2. The number of ketones is 1. The molecule has 3 heterocycles. The molecule has 2 aromatic rings. The van der Waals surface area contributed by atoms with Crippen LogP contribution in [0.25, 0.3) is 10.8 Å². The van der Waals surface area contributed by atoms with Crippen molar-refractivity contribution >= 4 is 44.4 Å². The van der Waals surface area contributed by atoms with Crippen LogP contribution in [-0.2, 0) is 38.7 Å². The Bertz CT molecular complexity index is 1960. The number of carbonyl (C=O) groups excluding carboxylic acids is 4. The zero-order valence-corrected chi connectivity index (χ0v) is 33.2. The number of aromatic nitrogens is 1. The predicted molar refractivity (Wildman–Crippen MR) is 200 cm³/mol. The molecule has 15 heteroatoms. The number of esters is 1. The fraction of sp³-hybridized carbons (Fsp3) is 0.625. The van der Waals surface area contributed by atoms with Gasteiger partial charge in [-0.2, -0.15) is 0 Å². The number of carbonyl (C=O) groups is 4. The van der Waals surface area contributed by atoms with Crippen molar-refractivity contribution in [2.45, 2.75) is 121 Å². The third kappa shape index (κ3) is 8.52. The molecule has 0 unspecified atom stereocenters. The topological polar surface area (TPSA) is 168 Å². The van der Waals surface area contributed by atoms with E-state index in [0.29, 0.717) is 24.0 Å². The fourth-order valence-corrected chi connectivity index (χ4v) is 9.29. The zero-order chi connectivity index (χ0) is 39.9. The number of benzene rings is 1. The van der Waals surface area contributed by atoms with Crippen LogP contribution in [0.1, 0.15) is 86.0 Å². The second-order valence-corrected chi connectivity index (χ2v) is 18.7. The average Bonchev–Trinajstić information content (AvgIpc) is 4.02. The summed E-state index contributed by atoms with van der Waals surface area (Å²) in [4.78, 5) is 62.4. The first-order chi connectivity index (χ1) is 25.9. The van der Waals surface area contributed by atoms with E-state index in [1.807, 2.05) is 43.3 Å². The molecule has 2 amide bonds. The Labute approximate surface area is 321 Å². The van der Waals surface area contributed by atoms with E-state index in [1.54, 1.807) is 27.7 Å². The molecule has 1 aromatic heterocycles. The number of halogens is 1. The molecule has 0 spiro atoms. The van der Waals surface area contributed by atoms with Gasteiger partial charge in [-0.3, -0.25) is 23.9 Å². The molecule has 1 aromatic carbocycles. The number of hydrogen-bond acceptors (Lipinski definition) is 11. The molecule has 2 aliphatic heterocycles. The first kappa shape index (κ1) is 40.6. The van der Waals surface area contributed by atoms with Gasteiger partial charge in [0.25, 0.3) is 0 Å². The number of rotatable bonds is 9. The number of nitrogens with one attached hydrogen (secondary N) is 1. The second kappa shape index (κ2) is 15.4. The average molecular weight is 786 g/mol. The summed E-state index contributed by atoms with van der Waals surface area (Å²) in [5.41, 5.74) is -2.23. The quantitative estimate of drug-likeness (QED) is 0.269. The van der Waals surface area contributed by atoms with Crippen molar-refractivity contribution in [3.63, 3.8) is 0 Å². The number of methoxy groups -OCH3 is 1. The highest BCUT2D eigenvalue weighted by Gasteiger charge is 2.63. The first-order valence-electron chi connectivity index (χ1n) is 19.0. The van der Waals surface area contributed by atoms with E-state index in [1.165, 1.54) is 18.2 Å². The Kier molecular flexibility index (Phi) is 11.4. The third-order valence-corrected chi connectivity index (χ3v) is 13.4. The highest BCUT2D eigenvalue weighted by molar-refractivity contribution is 7.91. The first-order valence-corrected chi connectivity index (χ1v) is 20.5. The van der Waals surface area contributed by atoms with Gasteiger partial charge in [-0.25, -0.2) is 17.8 Å². The largest absolute Gasteiger partial charge is 0.494 e. The molecule has 13 nitrogen and oxygen atoms in total. The van der Waals surface area contributed by atoms with Gasteiger partial charge >= 0.3 is 5.97 Å². The van der Waals surface area contributed by atoms with E-state index >= 15 is 0 Å². The number of allylic oxidation sites excluding steroid dienone is 2. The van der Waals surface area contributed by atoms with Gasteiger partial charge in [0, 0.05) is 23.6 Å². The molecule has 55 heavy (non-hydrogen) atoms. The summed E-state index contributed by atoms with van der Waals surface area (Å²) < 4.78 is 64.6. The molecule has 0 bridgehead atoms. The van der Waals surface area contributed by atoms with E-state index in [2.05, 4.69) is 9.71 Å². The highest BCUT2D eigenvalue weighted by Crippen LogP contribution is 2.57. The van der Waals surface area contributed by atoms with E-state index in [-0.39, 0.29) is 57.1 Å². The van der Waals surface area contributed by atoms with Gasteiger partial charge < -0.3 is 23.8 Å². The van der Waals surface area contributed by atoms with Crippen LogP contribution < -0.4 is 14.2 Å². The minimum absolute atomic E-state index is 0.0405. The minimum Gasteiger partial charge on any atom is -0.494 e. The minimum atomic E-state index is -4.35. The lowest BCUT2D eigenvalue weighted by Gasteiger charge is -2.32. The molecule has 0 radical (unpaired) electrons. The normalized spacial score (nSPS) is 30.3. The fourth-order valence-electron chi connectivity index (χ4n) is 7.84.